The van der Waals surface area contributed by atoms with Crippen molar-refractivity contribution in [1.29, 1.82) is 0 Å². The van der Waals surface area contributed by atoms with Gasteiger partial charge in [-0.1, -0.05) is 22.8 Å². The first-order valence-corrected chi connectivity index (χ1v) is 5.48. The molecule has 0 aliphatic carbocycles. The van der Waals surface area contributed by atoms with Gasteiger partial charge in [0.1, 0.15) is 10.8 Å². The van der Waals surface area contributed by atoms with E-state index in [4.69, 9.17) is 16.3 Å². The number of benzene rings is 1. The Bertz CT molecular complexity index is 490. The molecule has 1 aromatic carbocycles. The van der Waals surface area contributed by atoms with Crippen LogP contribution in [0.15, 0.2) is 33.4 Å². The topological polar surface area (TPSA) is 46.3 Å². The summed E-state index contributed by atoms with van der Waals surface area (Å²) in [6.07, 6.45) is 0. The Labute approximate surface area is 104 Å². The second-order valence-electron chi connectivity index (χ2n) is 3.15. The number of nitrogens with zero attached hydrogens (tertiary/aromatic N) is 3. The third-order valence-corrected chi connectivity index (χ3v) is 2.44. The van der Waals surface area contributed by atoms with E-state index in [1.54, 1.807) is 6.92 Å². The summed E-state index contributed by atoms with van der Waals surface area (Å²) < 4.78 is 17.5. The molecule has 16 heavy (non-hydrogen) atoms. The molecule has 0 saturated heterocycles. The van der Waals surface area contributed by atoms with Crippen LogP contribution in [0.2, 0.25) is 5.02 Å². The van der Waals surface area contributed by atoms with Gasteiger partial charge in [0.2, 0.25) is 4.57 Å². The summed E-state index contributed by atoms with van der Waals surface area (Å²) >= 11 is 8.90. The summed E-state index contributed by atoms with van der Waals surface area (Å²) in [5, 5.41) is 7.35. The number of aliphatic imine (C=N–C) groups is 1. The van der Waals surface area contributed by atoms with Gasteiger partial charge in [0.25, 0.3) is 0 Å². The SMILES string of the molecule is CC1(Br)N=NC(Oc2cccc(F)c2Cl)=N1. The summed E-state index contributed by atoms with van der Waals surface area (Å²) in [7, 11) is 0. The molecule has 0 fully saturated rings. The summed E-state index contributed by atoms with van der Waals surface area (Å²) in [4.78, 5) is 3.98. The smallest absolute Gasteiger partial charge is 0.339 e. The summed E-state index contributed by atoms with van der Waals surface area (Å²) in [5.74, 6) is -0.402. The maximum atomic E-state index is 13.1. The van der Waals surface area contributed by atoms with Crippen molar-refractivity contribution < 1.29 is 9.13 Å². The van der Waals surface area contributed by atoms with Crippen molar-refractivity contribution in [1.82, 2.24) is 0 Å². The lowest BCUT2D eigenvalue weighted by atomic mass is 10.3. The number of rotatable bonds is 1. The summed E-state index contributed by atoms with van der Waals surface area (Å²) in [5.41, 5.74) is 0. The average molecular weight is 307 g/mol. The molecule has 1 aliphatic heterocycles. The van der Waals surface area contributed by atoms with Crippen molar-refractivity contribution in [2.45, 2.75) is 11.5 Å². The van der Waals surface area contributed by atoms with Crippen LogP contribution in [-0.2, 0) is 0 Å². The molecule has 1 aromatic rings. The van der Waals surface area contributed by atoms with Gasteiger partial charge in [-0.05, 0) is 35.0 Å². The average Bonchev–Trinajstić information content (AvgIpc) is 2.53. The quantitative estimate of drug-likeness (QED) is 0.576. The molecule has 84 valence electrons. The Morgan fingerprint density at radius 3 is 2.88 bits per heavy atom. The van der Waals surface area contributed by atoms with Gasteiger partial charge in [-0.15, -0.1) is 5.11 Å². The molecule has 4 nitrogen and oxygen atoms in total. The Morgan fingerprint density at radius 2 is 2.25 bits per heavy atom. The largest absolute Gasteiger partial charge is 0.422 e. The molecule has 0 amide bonds. The molecule has 1 heterocycles. The molecule has 1 aliphatic rings. The molecule has 1 atom stereocenters. The van der Waals surface area contributed by atoms with Crippen LogP contribution in [-0.4, -0.2) is 10.6 Å². The third kappa shape index (κ3) is 2.38. The standard InChI is InChI=1S/C9H6BrClFN3O/c1-9(10)13-8(14-15-9)16-6-4-2-3-5(12)7(6)11/h2-4H,1H3. The Kier molecular flexibility index (Phi) is 2.94. The van der Waals surface area contributed by atoms with Crippen molar-refractivity contribution in [3.05, 3.63) is 29.0 Å². The Hall–Kier alpha value is -1.01. The van der Waals surface area contributed by atoms with Gasteiger partial charge in [0.15, 0.2) is 5.75 Å². The summed E-state index contributed by atoms with van der Waals surface area (Å²) in [6.45, 7) is 1.69. The van der Waals surface area contributed by atoms with Gasteiger partial charge >= 0.3 is 6.02 Å². The van der Waals surface area contributed by atoms with Crippen LogP contribution < -0.4 is 4.74 Å². The number of halogens is 3. The van der Waals surface area contributed by atoms with Crippen molar-refractivity contribution in [3.63, 3.8) is 0 Å². The van der Waals surface area contributed by atoms with Crippen LogP contribution in [0.4, 0.5) is 4.39 Å². The van der Waals surface area contributed by atoms with Crippen LogP contribution >= 0.6 is 27.5 Å². The second kappa shape index (κ2) is 4.10. The molecule has 1 unspecified atom stereocenters. The molecule has 0 bridgehead atoms. The van der Waals surface area contributed by atoms with Gasteiger partial charge in [0.05, 0.1) is 0 Å². The van der Waals surface area contributed by atoms with Gasteiger partial charge in [-0.3, -0.25) is 0 Å². The van der Waals surface area contributed by atoms with Gasteiger partial charge in [-0.25, -0.2) is 4.39 Å². The fourth-order valence-corrected chi connectivity index (χ4v) is 1.45. The van der Waals surface area contributed by atoms with Crippen LogP contribution in [0.5, 0.6) is 5.75 Å². The predicted octanol–water partition coefficient (Wildman–Crippen LogP) is 3.75. The number of azo groups is 1. The monoisotopic (exact) mass is 305 g/mol. The van der Waals surface area contributed by atoms with Crippen LogP contribution in [0.3, 0.4) is 0 Å². The van der Waals surface area contributed by atoms with Crippen LogP contribution in [0, 0.1) is 5.82 Å². The van der Waals surface area contributed by atoms with E-state index in [2.05, 4.69) is 31.2 Å². The lowest BCUT2D eigenvalue weighted by Crippen LogP contribution is -2.08. The maximum absolute atomic E-state index is 13.1. The van der Waals surface area contributed by atoms with Crippen LogP contribution in [0.1, 0.15) is 6.92 Å². The fourth-order valence-electron chi connectivity index (χ4n) is 1.06. The minimum absolute atomic E-state index is 0.0341. The van der Waals surface area contributed by atoms with E-state index in [0.717, 1.165) is 0 Å². The number of hydrogen-bond acceptors (Lipinski definition) is 4. The van der Waals surface area contributed by atoms with E-state index in [1.807, 2.05) is 0 Å². The van der Waals surface area contributed by atoms with E-state index in [1.165, 1.54) is 18.2 Å². The Balaban J connectivity index is 2.23. The molecule has 0 saturated carbocycles. The van der Waals surface area contributed by atoms with Crippen molar-refractivity contribution in [2.75, 3.05) is 0 Å². The van der Waals surface area contributed by atoms with E-state index >= 15 is 0 Å². The molecular weight excluding hydrogens is 300 g/mol. The maximum Gasteiger partial charge on any atom is 0.339 e. The molecule has 0 N–H and O–H groups in total. The first-order chi connectivity index (χ1) is 7.48. The first-order valence-electron chi connectivity index (χ1n) is 4.31. The number of alkyl halides is 1. The molecule has 0 aromatic heterocycles. The lowest BCUT2D eigenvalue weighted by molar-refractivity contribution is 0.531. The molecule has 7 heteroatoms. The highest BCUT2D eigenvalue weighted by molar-refractivity contribution is 9.10. The van der Waals surface area contributed by atoms with E-state index < -0.39 is 10.4 Å². The molecular formula is C9H6BrClFN3O. The third-order valence-electron chi connectivity index (χ3n) is 1.74. The Morgan fingerprint density at radius 1 is 1.50 bits per heavy atom. The summed E-state index contributed by atoms with van der Waals surface area (Å²) in [6, 6.07) is 4.28. The number of amidine groups is 1. The van der Waals surface area contributed by atoms with Gasteiger partial charge < -0.3 is 4.74 Å². The first kappa shape index (κ1) is 11.5. The predicted molar refractivity (Wildman–Crippen MR) is 61.7 cm³/mol. The van der Waals surface area contributed by atoms with Crippen molar-refractivity contribution in [3.8, 4) is 5.75 Å². The van der Waals surface area contributed by atoms with Gasteiger partial charge in [0, 0.05) is 0 Å². The minimum Gasteiger partial charge on any atom is -0.422 e. The minimum atomic E-state index is -0.817. The van der Waals surface area contributed by atoms with Gasteiger partial charge in [-0.2, -0.15) is 4.99 Å². The highest BCUT2D eigenvalue weighted by Crippen LogP contribution is 2.30. The highest BCUT2D eigenvalue weighted by atomic mass is 79.9. The van der Waals surface area contributed by atoms with E-state index in [9.17, 15) is 4.39 Å². The van der Waals surface area contributed by atoms with Crippen molar-refractivity contribution >= 4 is 33.6 Å². The zero-order valence-electron chi connectivity index (χ0n) is 8.12. The number of ether oxygens (including phenoxy) is 1. The highest BCUT2D eigenvalue weighted by Gasteiger charge is 2.26. The van der Waals surface area contributed by atoms with Crippen molar-refractivity contribution in [2.24, 2.45) is 15.2 Å². The second-order valence-corrected chi connectivity index (χ2v) is 5.03. The fraction of sp³-hybridized carbons (Fsp3) is 0.222. The van der Waals surface area contributed by atoms with E-state index in [0.29, 0.717) is 0 Å². The lowest BCUT2D eigenvalue weighted by Gasteiger charge is -2.05. The zero-order valence-corrected chi connectivity index (χ0v) is 10.5. The van der Waals surface area contributed by atoms with Crippen LogP contribution in [0.25, 0.3) is 0 Å². The zero-order chi connectivity index (χ0) is 11.8. The van der Waals surface area contributed by atoms with E-state index in [-0.39, 0.29) is 16.8 Å². The number of hydrogen-bond donors (Lipinski definition) is 0. The molecule has 0 spiro atoms. The molecule has 2 rings (SSSR count). The normalized spacial score (nSPS) is 23.4. The molecule has 0 radical (unpaired) electrons.